The number of carbonyl (C=O) groups is 1. The van der Waals surface area contributed by atoms with Crippen molar-refractivity contribution in [2.24, 2.45) is 0 Å². The van der Waals surface area contributed by atoms with Gasteiger partial charge >= 0.3 is 5.97 Å². The zero-order valence-corrected chi connectivity index (χ0v) is 12.5. The van der Waals surface area contributed by atoms with Crippen LogP contribution in [0.25, 0.3) is 0 Å². The van der Waals surface area contributed by atoms with Gasteiger partial charge in [-0.2, -0.15) is 9.57 Å². The highest BCUT2D eigenvalue weighted by Crippen LogP contribution is 2.27. The zero-order chi connectivity index (χ0) is 15.5. The summed E-state index contributed by atoms with van der Waals surface area (Å²) in [6.07, 6.45) is 1.07. The Kier molecular flexibility index (Phi) is 4.60. The van der Waals surface area contributed by atoms with E-state index in [4.69, 9.17) is 10.00 Å². The fourth-order valence-electron chi connectivity index (χ4n) is 2.36. The first-order valence-corrected chi connectivity index (χ1v) is 8.13. The summed E-state index contributed by atoms with van der Waals surface area (Å²) in [6, 6.07) is 6.92. The Labute approximate surface area is 124 Å². The molecule has 2 rings (SSSR count). The monoisotopic (exact) mass is 308 g/mol. The predicted molar refractivity (Wildman–Crippen MR) is 74.7 cm³/mol. The van der Waals surface area contributed by atoms with E-state index in [1.54, 1.807) is 6.92 Å². The Balaban J connectivity index is 2.34. The third-order valence-electron chi connectivity index (χ3n) is 3.33. The van der Waals surface area contributed by atoms with Crippen LogP contribution < -0.4 is 0 Å². The number of hydrogen-bond acceptors (Lipinski definition) is 5. The third kappa shape index (κ3) is 3.06. The fraction of sp³-hybridized carbons (Fsp3) is 0.429. The maximum atomic E-state index is 12.6. The number of nitrogens with zero attached hydrogens (tertiary/aromatic N) is 2. The highest BCUT2D eigenvalue weighted by Gasteiger charge is 2.40. The Morgan fingerprint density at radius 2 is 2.29 bits per heavy atom. The van der Waals surface area contributed by atoms with Crippen LogP contribution in [-0.2, 0) is 19.6 Å². The van der Waals surface area contributed by atoms with Gasteiger partial charge in [0.15, 0.2) is 0 Å². The summed E-state index contributed by atoms with van der Waals surface area (Å²) in [5.74, 6) is -0.519. The molecule has 112 valence electrons. The van der Waals surface area contributed by atoms with Crippen LogP contribution in [0.1, 0.15) is 25.3 Å². The standard InChI is InChI=1S/C14H16N2O4S/c1-2-20-14(17)13-7-4-8-16(13)21(18,19)12-6-3-5-11(9-12)10-15/h3,5-6,9,13H,2,4,7-8H2,1H3. The summed E-state index contributed by atoms with van der Waals surface area (Å²) in [6.45, 7) is 2.18. The first-order valence-electron chi connectivity index (χ1n) is 6.69. The molecular weight excluding hydrogens is 292 g/mol. The van der Waals surface area contributed by atoms with Crippen LogP contribution in [0, 0.1) is 11.3 Å². The molecule has 1 aromatic carbocycles. The molecule has 0 aromatic heterocycles. The molecule has 0 radical (unpaired) electrons. The number of carbonyl (C=O) groups excluding carboxylic acids is 1. The molecule has 0 N–H and O–H groups in total. The van der Waals surface area contributed by atoms with Gasteiger partial charge in [-0.05, 0) is 38.0 Å². The van der Waals surface area contributed by atoms with Crippen LogP contribution in [0.3, 0.4) is 0 Å². The van der Waals surface area contributed by atoms with Crippen molar-refractivity contribution in [1.29, 1.82) is 5.26 Å². The van der Waals surface area contributed by atoms with Gasteiger partial charge in [-0.3, -0.25) is 4.79 Å². The van der Waals surface area contributed by atoms with Crippen LogP contribution in [0.4, 0.5) is 0 Å². The molecule has 1 aliphatic rings. The van der Waals surface area contributed by atoms with Crippen molar-refractivity contribution in [3.05, 3.63) is 29.8 Å². The van der Waals surface area contributed by atoms with E-state index in [2.05, 4.69) is 0 Å². The molecule has 1 heterocycles. The highest BCUT2D eigenvalue weighted by atomic mass is 32.2. The minimum absolute atomic E-state index is 0.0257. The lowest BCUT2D eigenvalue weighted by Gasteiger charge is -2.22. The van der Waals surface area contributed by atoms with Gasteiger partial charge in [-0.25, -0.2) is 8.42 Å². The fourth-order valence-corrected chi connectivity index (χ4v) is 4.06. The van der Waals surface area contributed by atoms with E-state index >= 15 is 0 Å². The molecule has 1 aliphatic heterocycles. The zero-order valence-electron chi connectivity index (χ0n) is 11.7. The Morgan fingerprint density at radius 1 is 1.52 bits per heavy atom. The second-order valence-electron chi connectivity index (χ2n) is 4.67. The van der Waals surface area contributed by atoms with Crippen molar-refractivity contribution in [2.45, 2.75) is 30.7 Å². The number of rotatable bonds is 4. The molecular formula is C14H16N2O4S. The molecule has 0 saturated carbocycles. The maximum absolute atomic E-state index is 12.6. The van der Waals surface area contributed by atoms with Gasteiger partial charge in [0.25, 0.3) is 0 Å². The van der Waals surface area contributed by atoms with Crippen LogP contribution in [-0.4, -0.2) is 37.9 Å². The SMILES string of the molecule is CCOC(=O)C1CCCN1S(=O)(=O)c1cccc(C#N)c1. The van der Waals surface area contributed by atoms with Crippen LogP contribution in [0.15, 0.2) is 29.2 Å². The lowest BCUT2D eigenvalue weighted by Crippen LogP contribution is -2.41. The molecule has 0 aliphatic carbocycles. The van der Waals surface area contributed by atoms with E-state index < -0.39 is 22.0 Å². The largest absolute Gasteiger partial charge is 0.465 e. The van der Waals surface area contributed by atoms with Crippen molar-refractivity contribution in [1.82, 2.24) is 4.31 Å². The average Bonchev–Trinajstić information content (AvgIpc) is 2.98. The molecule has 6 nitrogen and oxygen atoms in total. The molecule has 1 saturated heterocycles. The molecule has 0 amide bonds. The van der Waals surface area contributed by atoms with Gasteiger partial charge in [-0.1, -0.05) is 6.07 Å². The average molecular weight is 308 g/mol. The molecule has 0 spiro atoms. The number of benzene rings is 1. The number of esters is 1. The summed E-state index contributed by atoms with van der Waals surface area (Å²) in [5, 5.41) is 8.87. The number of hydrogen-bond donors (Lipinski definition) is 0. The van der Waals surface area contributed by atoms with Gasteiger partial charge in [-0.15, -0.1) is 0 Å². The van der Waals surface area contributed by atoms with Crippen molar-refractivity contribution in [3.63, 3.8) is 0 Å². The number of sulfonamides is 1. The first kappa shape index (κ1) is 15.5. The number of nitriles is 1. The second kappa shape index (κ2) is 6.24. The van der Waals surface area contributed by atoms with Crippen molar-refractivity contribution in [2.75, 3.05) is 13.2 Å². The highest BCUT2D eigenvalue weighted by molar-refractivity contribution is 7.89. The van der Waals surface area contributed by atoms with E-state index in [1.165, 1.54) is 28.6 Å². The predicted octanol–water partition coefficient (Wildman–Crippen LogP) is 1.27. The minimum Gasteiger partial charge on any atom is -0.465 e. The second-order valence-corrected chi connectivity index (χ2v) is 6.56. The van der Waals surface area contributed by atoms with Crippen LogP contribution >= 0.6 is 0 Å². The lowest BCUT2D eigenvalue weighted by molar-refractivity contribution is -0.146. The van der Waals surface area contributed by atoms with Crippen molar-refractivity contribution >= 4 is 16.0 Å². The molecule has 21 heavy (non-hydrogen) atoms. The minimum atomic E-state index is -3.80. The van der Waals surface area contributed by atoms with Crippen molar-refractivity contribution in [3.8, 4) is 6.07 Å². The van der Waals surface area contributed by atoms with Crippen LogP contribution in [0.5, 0.6) is 0 Å². The summed E-state index contributed by atoms with van der Waals surface area (Å²) in [7, 11) is -3.80. The number of ether oxygens (including phenoxy) is 1. The maximum Gasteiger partial charge on any atom is 0.324 e. The summed E-state index contributed by atoms with van der Waals surface area (Å²) < 4.78 is 31.4. The first-order chi connectivity index (χ1) is 10.0. The molecule has 0 bridgehead atoms. The van der Waals surface area contributed by atoms with Gasteiger partial charge in [0.2, 0.25) is 10.0 Å². The van der Waals surface area contributed by atoms with E-state index in [9.17, 15) is 13.2 Å². The molecule has 1 aromatic rings. The van der Waals surface area contributed by atoms with E-state index in [0.29, 0.717) is 12.8 Å². The molecule has 1 fully saturated rings. The van der Waals surface area contributed by atoms with Crippen LogP contribution in [0.2, 0.25) is 0 Å². The Morgan fingerprint density at radius 3 is 2.95 bits per heavy atom. The van der Waals surface area contributed by atoms with Gasteiger partial charge in [0.05, 0.1) is 23.1 Å². The van der Waals surface area contributed by atoms with E-state index in [0.717, 1.165) is 0 Å². The van der Waals surface area contributed by atoms with E-state index in [1.807, 2.05) is 6.07 Å². The van der Waals surface area contributed by atoms with Crippen molar-refractivity contribution < 1.29 is 17.9 Å². The summed E-state index contributed by atoms with van der Waals surface area (Å²) >= 11 is 0. The third-order valence-corrected chi connectivity index (χ3v) is 5.24. The molecule has 7 heteroatoms. The normalized spacial score (nSPS) is 19.1. The molecule has 1 atom stereocenters. The summed E-state index contributed by atoms with van der Waals surface area (Å²) in [5.41, 5.74) is 0.267. The quantitative estimate of drug-likeness (QED) is 0.782. The summed E-state index contributed by atoms with van der Waals surface area (Å²) in [4.78, 5) is 11.9. The van der Waals surface area contributed by atoms with Gasteiger partial charge < -0.3 is 4.74 Å². The van der Waals surface area contributed by atoms with Gasteiger partial charge in [0, 0.05) is 6.54 Å². The Hall–Kier alpha value is -1.91. The van der Waals surface area contributed by atoms with Gasteiger partial charge in [0.1, 0.15) is 6.04 Å². The Bertz CT molecular complexity index is 678. The topological polar surface area (TPSA) is 87.5 Å². The molecule has 1 unspecified atom stereocenters. The lowest BCUT2D eigenvalue weighted by atomic mass is 10.2. The van der Waals surface area contributed by atoms with E-state index in [-0.39, 0.29) is 23.6 Å². The smallest absolute Gasteiger partial charge is 0.324 e.